The van der Waals surface area contributed by atoms with Crippen LogP contribution in [0.5, 0.6) is 0 Å². The molecule has 0 bridgehead atoms. The van der Waals surface area contributed by atoms with E-state index in [0.29, 0.717) is 53.1 Å². The van der Waals surface area contributed by atoms with Crippen molar-refractivity contribution in [3.05, 3.63) is 93.9 Å². The molecule has 35 heavy (non-hydrogen) atoms. The largest absolute Gasteiger partial charge is 0.422 e. The fourth-order valence-corrected chi connectivity index (χ4v) is 4.41. The zero-order valence-electron chi connectivity index (χ0n) is 18.6. The van der Waals surface area contributed by atoms with Crippen LogP contribution in [0.4, 0.5) is 11.6 Å². The standard InChI is InChI=1S/C27H20N4O4/c32-26-22-18(16-6-1-3-8-20(16)34-26)10-14-30-24(22)28-12-5-13-29-25-23-19(11-15-31-25)17-7-2-4-9-21(17)35-27(23)33/h1-4,6-11,14-15H,5,12-13H2,(H,28,30)(H,29,31). The highest BCUT2D eigenvalue weighted by atomic mass is 16.4. The molecule has 0 aliphatic heterocycles. The lowest BCUT2D eigenvalue weighted by Gasteiger charge is -2.11. The van der Waals surface area contributed by atoms with Crippen LogP contribution in [0, 0.1) is 0 Å². The monoisotopic (exact) mass is 464 g/mol. The molecule has 0 saturated heterocycles. The maximum atomic E-state index is 12.6. The third-order valence-corrected chi connectivity index (χ3v) is 6.01. The Morgan fingerprint density at radius 3 is 1.54 bits per heavy atom. The van der Waals surface area contributed by atoms with Crippen molar-refractivity contribution < 1.29 is 8.83 Å². The van der Waals surface area contributed by atoms with Gasteiger partial charge in [0.25, 0.3) is 0 Å². The van der Waals surface area contributed by atoms with Gasteiger partial charge in [-0.05, 0) is 30.7 Å². The molecule has 0 aliphatic rings. The van der Waals surface area contributed by atoms with Gasteiger partial charge in [0, 0.05) is 47.0 Å². The quantitative estimate of drug-likeness (QED) is 0.203. The average molecular weight is 464 g/mol. The maximum absolute atomic E-state index is 12.6. The molecule has 8 nitrogen and oxygen atoms in total. The van der Waals surface area contributed by atoms with E-state index >= 15 is 0 Å². The van der Waals surface area contributed by atoms with Crippen LogP contribution in [0.15, 0.2) is 91.5 Å². The maximum Gasteiger partial charge on any atom is 0.347 e. The third-order valence-electron chi connectivity index (χ3n) is 6.01. The van der Waals surface area contributed by atoms with E-state index in [9.17, 15) is 9.59 Å². The number of para-hydroxylation sites is 2. The second-order valence-corrected chi connectivity index (χ2v) is 8.14. The zero-order valence-corrected chi connectivity index (χ0v) is 18.6. The molecule has 0 spiro atoms. The van der Waals surface area contributed by atoms with Gasteiger partial charge in [-0.2, -0.15) is 0 Å². The number of nitrogens with one attached hydrogen (secondary N) is 2. The molecule has 0 unspecified atom stereocenters. The second-order valence-electron chi connectivity index (χ2n) is 8.14. The Hall–Kier alpha value is -4.72. The molecule has 0 atom stereocenters. The summed E-state index contributed by atoms with van der Waals surface area (Å²) in [5.74, 6) is 0.967. The molecule has 2 aromatic carbocycles. The highest BCUT2D eigenvalue weighted by Crippen LogP contribution is 2.27. The molecule has 0 amide bonds. The first-order valence-corrected chi connectivity index (χ1v) is 11.3. The first-order valence-electron chi connectivity index (χ1n) is 11.3. The zero-order chi connectivity index (χ0) is 23.8. The van der Waals surface area contributed by atoms with Gasteiger partial charge in [0.2, 0.25) is 0 Å². The number of hydrogen-bond donors (Lipinski definition) is 2. The summed E-state index contributed by atoms with van der Waals surface area (Å²) >= 11 is 0. The van der Waals surface area contributed by atoms with Crippen LogP contribution in [-0.4, -0.2) is 23.1 Å². The van der Waals surface area contributed by atoms with Gasteiger partial charge in [0.15, 0.2) is 0 Å². The number of hydrogen-bond acceptors (Lipinski definition) is 8. The van der Waals surface area contributed by atoms with Crippen molar-refractivity contribution in [1.29, 1.82) is 0 Å². The number of fused-ring (bicyclic) bond motifs is 6. The highest BCUT2D eigenvalue weighted by Gasteiger charge is 2.13. The van der Waals surface area contributed by atoms with E-state index in [4.69, 9.17) is 8.83 Å². The van der Waals surface area contributed by atoms with Crippen molar-refractivity contribution >= 4 is 55.1 Å². The molecule has 0 saturated carbocycles. The molecule has 4 heterocycles. The molecule has 172 valence electrons. The molecular weight excluding hydrogens is 444 g/mol. The van der Waals surface area contributed by atoms with E-state index in [2.05, 4.69) is 20.6 Å². The van der Waals surface area contributed by atoms with Crippen molar-refractivity contribution in [1.82, 2.24) is 9.97 Å². The van der Waals surface area contributed by atoms with Crippen LogP contribution in [0.3, 0.4) is 0 Å². The van der Waals surface area contributed by atoms with E-state index in [1.54, 1.807) is 24.5 Å². The molecule has 2 N–H and O–H groups in total. The summed E-state index contributed by atoms with van der Waals surface area (Å²) in [4.78, 5) is 34.0. The summed E-state index contributed by atoms with van der Waals surface area (Å²) in [6.07, 6.45) is 4.05. The molecule has 6 rings (SSSR count). The average Bonchev–Trinajstić information content (AvgIpc) is 2.88. The Labute approximate surface area is 198 Å². The first kappa shape index (κ1) is 20.9. The lowest BCUT2D eigenvalue weighted by Crippen LogP contribution is -2.14. The molecular formula is C27H20N4O4. The second kappa shape index (κ2) is 8.57. The normalized spacial score (nSPS) is 11.4. The molecule has 0 radical (unpaired) electrons. The lowest BCUT2D eigenvalue weighted by atomic mass is 10.1. The van der Waals surface area contributed by atoms with Crippen molar-refractivity contribution in [3.63, 3.8) is 0 Å². The Morgan fingerprint density at radius 2 is 1.06 bits per heavy atom. The van der Waals surface area contributed by atoms with Crippen LogP contribution in [0.2, 0.25) is 0 Å². The Kier molecular flexibility index (Phi) is 5.11. The van der Waals surface area contributed by atoms with E-state index in [-0.39, 0.29) is 0 Å². The minimum Gasteiger partial charge on any atom is -0.422 e. The summed E-state index contributed by atoms with van der Waals surface area (Å²) < 4.78 is 11.0. The molecule has 8 heteroatoms. The number of benzene rings is 2. The predicted molar refractivity (Wildman–Crippen MR) is 137 cm³/mol. The summed E-state index contributed by atoms with van der Waals surface area (Å²) in [5, 5.41) is 10.7. The molecule has 4 aromatic heterocycles. The summed E-state index contributed by atoms with van der Waals surface area (Å²) in [6, 6.07) is 18.5. The van der Waals surface area contributed by atoms with Gasteiger partial charge >= 0.3 is 11.3 Å². The van der Waals surface area contributed by atoms with Crippen LogP contribution in [-0.2, 0) is 0 Å². The number of nitrogens with zero attached hydrogens (tertiary/aromatic N) is 2. The summed E-state index contributed by atoms with van der Waals surface area (Å²) in [6.45, 7) is 1.10. The van der Waals surface area contributed by atoms with Crippen LogP contribution in [0.1, 0.15) is 6.42 Å². The van der Waals surface area contributed by atoms with Crippen molar-refractivity contribution in [2.45, 2.75) is 6.42 Å². The van der Waals surface area contributed by atoms with Gasteiger partial charge in [-0.15, -0.1) is 0 Å². The van der Waals surface area contributed by atoms with E-state index < -0.39 is 11.3 Å². The molecule has 6 aromatic rings. The Bertz CT molecular complexity index is 1710. The third kappa shape index (κ3) is 3.65. The number of aromatic nitrogens is 2. The summed E-state index contributed by atoms with van der Waals surface area (Å²) in [7, 11) is 0. The first-order chi connectivity index (χ1) is 17.2. The smallest absolute Gasteiger partial charge is 0.347 e. The van der Waals surface area contributed by atoms with E-state index in [1.807, 2.05) is 48.5 Å². The minimum atomic E-state index is -0.425. The van der Waals surface area contributed by atoms with Gasteiger partial charge < -0.3 is 19.5 Å². The van der Waals surface area contributed by atoms with Gasteiger partial charge in [-0.25, -0.2) is 19.6 Å². The number of pyridine rings is 2. The molecule has 0 fully saturated rings. The van der Waals surface area contributed by atoms with Crippen LogP contribution < -0.4 is 21.9 Å². The number of rotatable bonds is 6. The fourth-order valence-electron chi connectivity index (χ4n) is 4.41. The Morgan fingerprint density at radius 1 is 0.600 bits per heavy atom. The van der Waals surface area contributed by atoms with Crippen LogP contribution >= 0.6 is 0 Å². The predicted octanol–water partition coefficient (Wildman–Crippen LogP) is 4.91. The summed E-state index contributed by atoms with van der Waals surface area (Å²) in [5.41, 5.74) is 0.245. The fraction of sp³-hybridized carbons (Fsp3) is 0.111. The van der Waals surface area contributed by atoms with Gasteiger partial charge in [-0.1, -0.05) is 36.4 Å². The minimum absolute atomic E-state index is 0.425. The highest BCUT2D eigenvalue weighted by molar-refractivity contribution is 6.08. The van der Waals surface area contributed by atoms with Gasteiger partial charge in [0.05, 0.1) is 0 Å². The molecule has 0 aliphatic carbocycles. The number of anilines is 2. The van der Waals surface area contributed by atoms with E-state index in [0.717, 1.165) is 21.5 Å². The van der Waals surface area contributed by atoms with Crippen molar-refractivity contribution in [2.24, 2.45) is 0 Å². The topological polar surface area (TPSA) is 110 Å². The van der Waals surface area contributed by atoms with Gasteiger partial charge in [-0.3, -0.25) is 0 Å². The van der Waals surface area contributed by atoms with Gasteiger partial charge in [0.1, 0.15) is 33.6 Å². The SMILES string of the molecule is O=c1oc2ccccc2c2ccnc(NCCCNc3nccc4c3c(=O)oc3ccccc34)c12. The Balaban J connectivity index is 1.20. The van der Waals surface area contributed by atoms with Crippen molar-refractivity contribution in [2.75, 3.05) is 23.7 Å². The van der Waals surface area contributed by atoms with Crippen LogP contribution in [0.25, 0.3) is 43.5 Å². The van der Waals surface area contributed by atoms with Crippen molar-refractivity contribution in [3.8, 4) is 0 Å². The lowest BCUT2D eigenvalue weighted by molar-refractivity contribution is 0.569. The van der Waals surface area contributed by atoms with E-state index in [1.165, 1.54) is 0 Å².